The van der Waals surface area contributed by atoms with Crippen LogP contribution in [0.1, 0.15) is 66.7 Å². The molecular weight excluding hydrogens is 268 g/mol. The van der Waals surface area contributed by atoms with Crippen LogP contribution in [0.3, 0.4) is 0 Å². The Hall–Kier alpha value is -1.76. The number of furan rings is 1. The lowest BCUT2D eigenvalue weighted by Crippen LogP contribution is -1.70. The van der Waals surface area contributed by atoms with E-state index in [1.165, 1.54) is 10.9 Å². The smallest absolute Gasteiger partial charge is 0.135 e. The van der Waals surface area contributed by atoms with Gasteiger partial charge in [0, 0.05) is 10.9 Å². The molecule has 1 heteroatoms. The fourth-order valence-corrected chi connectivity index (χ4v) is 1.51. The predicted molar refractivity (Wildman–Crippen MR) is 106 cm³/mol. The van der Waals surface area contributed by atoms with E-state index in [1.807, 2.05) is 85.7 Å². The van der Waals surface area contributed by atoms with Crippen molar-refractivity contribution < 1.29 is 4.42 Å². The van der Waals surface area contributed by atoms with Crippen LogP contribution < -0.4 is 0 Å². The predicted octanol–water partition coefficient (Wildman–Crippen LogP) is 8.05. The van der Waals surface area contributed by atoms with Gasteiger partial charge in [0.15, 0.2) is 0 Å². The fourth-order valence-electron chi connectivity index (χ4n) is 1.51. The molecule has 0 aliphatic rings. The monoisotopic (exact) mass is 304 g/mol. The summed E-state index contributed by atoms with van der Waals surface area (Å²) in [4.78, 5) is 0. The van der Waals surface area contributed by atoms with Gasteiger partial charge in [-0.05, 0) is 19.1 Å². The quantitative estimate of drug-likeness (QED) is 0.511. The molecule has 0 saturated heterocycles. The Labute approximate surface area is 138 Å². The molecule has 1 nitrogen and oxygen atoms in total. The standard InChI is InChI=1S/C13H12O.4C2H6/c1-3-4-8-12-10(2)11-7-5-6-9-13(11)14-12;4*1-2/h3-9H,1H2,2H3;4*1-2H3/b8-4-;;;;. The second kappa shape index (κ2) is 19.2. The summed E-state index contributed by atoms with van der Waals surface area (Å²) < 4.78 is 5.67. The molecular formula is C21H36O. The summed E-state index contributed by atoms with van der Waals surface area (Å²) in [7, 11) is 0. The van der Waals surface area contributed by atoms with E-state index in [9.17, 15) is 0 Å². The van der Waals surface area contributed by atoms with Gasteiger partial charge in [-0.1, -0.05) is 92.3 Å². The van der Waals surface area contributed by atoms with E-state index < -0.39 is 0 Å². The van der Waals surface area contributed by atoms with Gasteiger partial charge in [-0.3, -0.25) is 0 Å². The van der Waals surface area contributed by atoms with Gasteiger partial charge in [0.25, 0.3) is 0 Å². The number of allylic oxidation sites excluding steroid dienone is 2. The van der Waals surface area contributed by atoms with Crippen molar-refractivity contribution >= 4 is 17.0 Å². The van der Waals surface area contributed by atoms with Crippen molar-refractivity contribution in [2.45, 2.75) is 62.3 Å². The zero-order valence-corrected chi connectivity index (χ0v) is 16.2. The van der Waals surface area contributed by atoms with Gasteiger partial charge in [0.2, 0.25) is 0 Å². The molecule has 0 N–H and O–H groups in total. The summed E-state index contributed by atoms with van der Waals surface area (Å²) in [5.74, 6) is 0.908. The van der Waals surface area contributed by atoms with Crippen molar-refractivity contribution in [3.05, 3.63) is 54.3 Å². The summed E-state index contributed by atoms with van der Waals surface area (Å²) in [5.41, 5.74) is 2.12. The van der Waals surface area contributed by atoms with Crippen LogP contribution in [-0.4, -0.2) is 0 Å². The fraction of sp³-hybridized carbons (Fsp3) is 0.429. The van der Waals surface area contributed by atoms with E-state index in [2.05, 4.69) is 19.6 Å². The highest BCUT2D eigenvalue weighted by Gasteiger charge is 2.05. The van der Waals surface area contributed by atoms with Gasteiger partial charge in [-0.2, -0.15) is 0 Å². The Morgan fingerprint density at radius 1 is 0.864 bits per heavy atom. The van der Waals surface area contributed by atoms with E-state index in [1.54, 1.807) is 6.08 Å². The summed E-state index contributed by atoms with van der Waals surface area (Å²) in [6.45, 7) is 21.7. The largest absolute Gasteiger partial charge is 0.456 e. The molecule has 0 bridgehead atoms. The van der Waals surface area contributed by atoms with Crippen molar-refractivity contribution in [3.63, 3.8) is 0 Å². The maximum atomic E-state index is 5.67. The molecule has 1 aromatic carbocycles. The highest BCUT2D eigenvalue weighted by Crippen LogP contribution is 2.25. The number of benzene rings is 1. The van der Waals surface area contributed by atoms with E-state index in [4.69, 9.17) is 4.42 Å². The van der Waals surface area contributed by atoms with Gasteiger partial charge in [-0.15, -0.1) is 0 Å². The van der Waals surface area contributed by atoms with Gasteiger partial charge < -0.3 is 4.42 Å². The number of aryl methyl sites for hydroxylation is 1. The third-order valence-corrected chi connectivity index (χ3v) is 2.26. The number of para-hydroxylation sites is 1. The van der Waals surface area contributed by atoms with E-state index in [0.717, 1.165) is 11.3 Å². The summed E-state index contributed by atoms with van der Waals surface area (Å²) in [6.07, 6.45) is 5.56. The molecule has 22 heavy (non-hydrogen) atoms. The van der Waals surface area contributed by atoms with Crippen molar-refractivity contribution in [1.29, 1.82) is 0 Å². The molecule has 0 fully saturated rings. The molecule has 1 aromatic heterocycles. The maximum absolute atomic E-state index is 5.67. The highest BCUT2D eigenvalue weighted by atomic mass is 16.3. The lowest BCUT2D eigenvalue weighted by Gasteiger charge is -1.86. The molecule has 0 saturated carbocycles. The van der Waals surface area contributed by atoms with Crippen LogP contribution in [0.5, 0.6) is 0 Å². The summed E-state index contributed by atoms with van der Waals surface area (Å²) in [6, 6.07) is 8.05. The molecule has 126 valence electrons. The van der Waals surface area contributed by atoms with Crippen LogP contribution in [0.25, 0.3) is 17.0 Å². The molecule has 0 atom stereocenters. The second-order valence-electron chi connectivity index (χ2n) is 3.18. The second-order valence-corrected chi connectivity index (χ2v) is 3.18. The SMILES string of the molecule is C=C/C=C\c1oc2ccccc2c1C.CC.CC.CC.CC. The first kappa shape index (κ1) is 25.2. The molecule has 0 spiro atoms. The Morgan fingerprint density at radius 2 is 1.36 bits per heavy atom. The minimum absolute atomic E-state index is 0.908. The zero-order valence-electron chi connectivity index (χ0n) is 16.2. The van der Waals surface area contributed by atoms with Crippen molar-refractivity contribution in [3.8, 4) is 0 Å². The van der Waals surface area contributed by atoms with E-state index >= 15 is 0 Å². The minimum atomic E-state index is 0.908. The minimum Gasteiger partial charge on any atom is -0.456 e. The van der Waals surface area contributed by atoms with Crippen LogP contribution in [0.2, 0.25) is 0 Å². The lowest BCUT2D eigenvalue weighted by atomic mass is 10.1. The number of hydrogen-bond acceptors (Lipinski definition) is 1. The molecule has 2 rings (SSSR count). The van der Waals surface area contributed by atoms with Gasteiger partial charge >= 0.3 is 0 Å². The van der Waals surface area contributed by atoms with Crippen LogP contribution in [0.4, 0.5) is 0 Å². The first-order valence-corrected chi connectivity index (χ1v) is 8.60. The number of fused-ring (bicyclic) bond motifs is 1. The first-order valence-electron chi connectivity index (χ1n) is 8.60. The maximum Gasteiger partial charge on any atom is 0.135 e. The molecule has 0 radical (unpaired) electrons. The zero-order chi connectivity index (χ0) is 18.0. The third kappa shape index (κ3) is 8.51. The molecule has 1 heterocycles. The van der Waals surface area contributed by atoms with Gasteiger partial charge in [0.1, 0.15) is 11.3 Å². The van der Waals surface area contributed by atoms with Crippen LogP contribution in [-0.2, 0) is 0 Å². The van der Waals surface area contributed by atoms with Crippen LogP contribution in [0.15, 0.2) is 47.4 Å². The van der Waals surface area contributed by atoms with Crippen molar-refractivity contribution in [2.24, 2.45) is 0 Å². The Kier molecular flexibility index (Phi) is 22.0. The van der Waals surface area contributed by atoms with Crippen LogP contribution >= 0.6 is 0 Å². The molecule has 0 amide bonds. The van der Waals surface area contributed by atoms with Gasteiger partial charge in [0.05, 0.1) is 0 Å². The Bertz CT molecular complexity index is 490. The molecule has 0 unspecified atom stereocenters. The van der Waals surface area contributed by atoms with Crippen molar-refractivity contribution in [2.75, 3.05) is 0 Å². The molecule has 2 aromatic rings. The first-order chi connectivity index (χ1) is 10.8. The van der Waals surface area contributed by atoms with E-state index in [0.29, 0.717) is 0 Å². The van der Waals surface area contributed by atoms with Crippen molar-refractivity contribution in [1.82, 2.24) is 0 Å². The lowest BCUT2D eigenvalue weighted by molar-refractivity contribution is 0.601. The average Bonchev–Trinajstić information content (AvgIpc) is 2.96. The molecule has 0 aliphatic carbocycles. The number of rotatable bonds is 2. The molecule has 0 aliphatic heterocycles. The summed E-state index contributed by atoms with van der Waals surface area (Å²) >= 11 is 0. The highest BCUT2D eigenvalue weighted by molar-refractivity contribution is 5.84. The average molecular weight is 305 g/mol. The normalized spacial score (nSPS) is 8.23. The Morgan fingerprint density at radius 3 is 1.82 bits per heavy atom. The Balaban J connectivity index is -0.000000394. The van der Waals surface area contributed by atoms with Gasteiger partial charge in [-0.25, -0.2) is 0 Å². The summed E-state index contributed by atoms with van der Waals surface area (Å²) in [5, 5.41) is 1.18. The third-order valence-electron chi connectivity index (χ3n) is 2.26. The number of hydrogen-bond donors (Lipinski definition) is 0. The topological polar surface area (TPSA) is 13.1 Å². The van der Waals surface area contributed by atoms with Crippen LogP contribution in [0, 0.1) is 6.92 Å². The van der Waals surface area contributed by atoms with E-state index in [-0.39, 0.29) is 0 Å².